The Morgan fingerprint density at radius 1 is 1.13 bits per heavy atom. The third kappa shape index (κ3) is 6.33. The topological polar surface area (TPSA) is 74.2 Å². The maximum Gasteiger partial charge on any atom is 0.410 e. The molecule has 2 heterocycles. The van der Waals surface area contributed by atoms with Gasteiger partial charge in [-0.05, 0) is 82.7 Å². The summed E-state index contributed by atoms with van der Waals surface area (Å²) < 4.78 is 6.01. The van der Waals surface area contributed by atoms with Crippen LogP contribution in [0.25, 0.3) is 0 Å². The van der Waals surface area contributed by atoms with Gasteiger partial charge in [-0.1, -0.05) is 33.6 Å². The molecule has 7 heteroatoms. The van der Waals surface area contributed by atoms with Crippen molar-refractivity contribution in [3.05, 3.63) is 4.91 Å². The Kier molecular flexibility index (Phi) is 8.99. The van der Waals surface area contributed by atoms with Crippen molar-refractivity contribution in [1.82, 2.24) is 15.2 Å². The number of rotatable bonds is 11. The molecule has 0 aromatic heterocycles. The first-order chi connectivity index (χ1) is 15.0. The van der Waals surface area contributed by atoms with Crippen molar-refractivity contribution in [2.45, 2.75) is 109 Å². The zero-order chi connectivity index (χ0) is 22.3. The van der Waals surface area contributed by atoms with E-state index < -0.39 is 0 Å². The molecule has 3 aliphatic rings. The number of amides is 1. The van der Waals surface area contributed by atoms with Crippen LogP contribution < -0.4 is 5.32 Å². The number of nitrogens with one attached hydrogen (secondary N) is 1. The summed E-state index contributed by atoms with van der Waals surface area (Å²) in [6.45, 7) is 10.2. The third-order valence-electron chi connectivity index (χ3n) is 7.98. The number of nitroso groups, excluding NO2 is 1. The van der Waals surface area contributed by atoms with Crippen molar-refractivity contribution in [2.75, 3.05) is 26.2 Å². The van der Waals surface area contributed by atoms with Crippen molar-refractivity contribution >= 4 is 6.09 Å². The van der Waals surface area contributed by atoms with Gasteiger partial charge >= 0.3 is 6.09 Å². The lowest BCUT2D eigenvalue weighted by atomic mass is 9.84. The number of nitrogens with zero attached hydrogens (tertiary/aromatic N) is 3. The van der Waals surface area contributed by atoms with Gasteiger partial charge < -0.3 is 15.0 Å². The first-order valence-corrected chi connectivity index (χ1v) is 12.8. The van der Waals surface area contributed by atoms with Crippen LogP contribution in [0.1, 0.15) is 91.4 Å². The molecule has 1 saturated carbocycles. The summed E-state index contributed by atoms with van der Waals surface area (Å²) in [6.07, 6.45) is 11.2. The van der Waals surface area contributed by atoms with Crippen molar-refractivity contribution in [1.29, 1.82) is 0 Å². The van der Waals surface area contributed by atoms with Gasteiger partial charge in [-0.3, -0.25) is 5.01 Å². The second kappa shape index (κ2) is 11.5. The molecular weight excluding hydrogens is 392 g/mol. The third-order valence-corrected chi connectivity index (χ3v) is 7.98. The van der Waals surface area contributed by atoms with E-state index in [4.69, 9.17) is 4.74 Å². The second-order valence-electron chi connectivity index (χ2n) is 10.4. The molecule has 1 aliphatic carbocycles. The van der Waals surface area contributed by atoms with Gasteiger partial charge in [-0.25, -0.2) is 4.79 Å². The first-order valence-electron chi connectivity index (χ1n) is 12.8. The number of ether oxygens (including phenoxy) is 1. The van der Waals surface area contributed by atoms with Crippen LogP contribution >= 0.6 is 0 Å². The molecular formula is C24H44N4O3. The summed E-state index contributed by atoms with van der Waals surface area (Å²) >= 11 is 0. The average Bonchev–Trinajstić information content (AvgIpc) is 3.09. The molecule has 0 aromatic carbocycles. The van der Waals surface area contributed by atoms with Gasteiger partial charge in [0, 0.05) is 6.54 Å². The van der Waals surface area contributed by atoms with Crippen LogP contribution in [0.5, 0.6) is 0 Å². The molecule has 1 amide bonds. The second-order valence-corrected chi connectivity index (χ2v) is 10.4. The van der Waals surface area contributed by atoms with Crippen LogP contribution in [0, 0.1) is 16.7 Å². The van der Waals surface area contributed by atoms with E-state index in [-0.39, 0.29) is 23.8 Å². The van der Waals surface area contributed by atoms with Crippen LogP contribution in [0.3, 0.4) is 0 Å². The lowest BCUT2D eigenvalue weighted by molar-refractivity contribution is 0.0367. The first kappa shape index (κ1) is 24.3. The van der Waals surface area contributed by atoms with Crippen LogP contribution in [-0.4, -0.2) is 59.9 Å². The predicted octanol–water partition coefficient (Wildman–Crippen LogP) is 5.10. The zero-order valence-corrected chi connectivity index (χ0v) is 20.0. The highest BCUT2D eigenvalue weighted by atomic mass is 16.6. The van der Waals surface area contributed by atoms with Gasteiger partial charge in [-0.15, -0.1) is 4.91 Å². The normalized spacial score (nSPS) is 30.8. The zero-order valence-electron chi connectivity index (χ0n) is 20.0. The minimum atomic E-state index is -0.292. The molecule has 1 N–H and O–H groups in total. The van der Waals surface area contributed by atoms with Crippen molar-refractivity contribution in [3.8, 4) is 0 Å². The van der Waals surface area contributed by atoms with E-state index >= 15 is 0 Å². The van der Waals surface area contributed by atoms with Gasteiger partial charge in [0.2, 0.25) is 0 Å². The smallest absolute Gasteiger partial charge is 0.410 e. The molecule has 2 unspecified atom stereocenters. The highest BCUT2D eigenvalue weighted by Gasteiger charge is 2.45. The summed E-state index contributed by atoms with van der Waals surface area (Å²) in [5, 5.41) is 8.65. The molecule has 2 saturated heterocycles. The van der Waals surface area contributed by atoms with E-state index in [2.05, 4.69) is 31.4 Å². The number of hydrogen-bond donors (Lipinski definition) is 1. The lowest BCUT2D eigenvalue weighted by Gasteiger charge is -2.39. The van der Waals surface area contributed by atoms with Crippen LogP contribution in [-0.2, 0) is 4.74 Å². The van der Waals surface area contributed by atoms with Crippen LogP contribution in [0.2, 0.25) is 0 Å². The van der Waals surface area contributed by atoms with E-state index in [1.54, 1.807) is 0 Å². The molecule has 0 radical (unpaired) electrons. The minimum Gasteiger partial charge on any atom is -0.441 e. The fourth-order valence-electron chi connectivity index (χ4n) is 5.79. The van der Waals surface area contributed by atoms with Crippen LogP contribution in [0.4, 0.5) is 4.79 Å². The predicted molar refractivity (Wildman–Crippen MR) is 124 cm³/mol. The van der Waals surface area contributed by atoms with E-state index in [9.17, 15) is 9.70 Å². The van der Waals surface area contributed by atoms with Crippen molar-refractivity contribution < 1.29 is 9.53 Å². The Bertz CT molecular complexity index is 575. The molecule has 178 valence electrons. The van der Waals surface area contributed by atoms with Crippen molar-refractivity contribution in [2.24, 2.45) is 17.1 Å². The molecule has 3 fully saturated rings. The van der Waals surface area contributed by atoms with Gasteiger partial charge in [0.15, 0.2) is 0 Å². The van der Waals surface area contributed by atoms with E-state index in [1.165, 1.54) is 6.42 Å². The fraction of sp³-hybridized carbons (Fsp3) is 0.958. The summed E-state index contributed by atoms with van der Waals surface area (Å²) in [5.74, 6) is 1.17. The molecule has 7 nitrogen and oxygen atoms in total. The highest BCUT2D eigenvalue weighted by Crippen LogP contribution is 2.36. The molecule has 0 aromatic rings. The molecule has 0 spiro atoms. The lowest BCUT2D eigenvalue weighted by Crippen LogP contribution is -2.46. The minimum absolute atomic E-state index is 0.120. The van der Waals surface area contributed by atoms with Crippen molar-refractivity contribution in [3.63, 3.8) is 0 Å². The quantitative estimate of drug-likeness (QED) is 0.360. The number of cyclic esters (lactones) is 1. The summed E-state index contributed by atoms with van der Waals surface area (Å²) in [6, 6.07) is 0.547. The van der Waals surface area contributed by atoms with Gasteiger partial charge in [0.1, 0.15) is 5.60 Å². The maximum absolute atomic E-state index is 12.7. The Hall–Kier alpha value is -1.37. The Morgan fingerprint density at radius 2 is 1.81 bits per heavy atom. The van der Waals surface area contributed by atoms with E-state index in [1.807, 2.05) is 9.91 Å². The molecule has 2 atom stereocenters. The molecule has 2 aliphatic heterocycles. The standard InChI is InChI=1S/C24H44N4O3/c1-4-13-24(14-10-19(3)5-2)18-27(23(29)31-24)17-20-6-8-21(9-7-20)28(26-30)22-11-15-25-16-12-22/h19-22,25H,4-18H2,1-3H3. The number of piperidine rings is 1. The Balaban J connectivity index is 1.50. The number of carbonyl (C=O) groups excluding carboxylic acids is 1. The monoisotopic (exact) mass is 436 g/mol. The summed E-state index contributed by atoms with van der Waals surface area (Å²) in [7, 11) is 0. The Morgan fingerprint density at radius 3 is 2.42 bits per heavy atom. The SMILES string of the molecule is CCCC1(CCC(C)CC)CN(CC2CCC(N(N=O)C3CCNCC3)CC2)C(=O)O1. The molecule has 31 heavy (non-hydrogen) atoms. The Labute approximate surface area is 188 Å². The molecule has 0 bridgehead atoms. The average molecular weight is 437 g/mol. The summed E-state index contributed by atoms with van der Waals surface area (Å²) in [4.78, 5) is 26.2. The van der Waals surface area contributed by atoms with E-state index in [0.717, 1.165) is 90.4 Å². The van der Waals surface area contributed by atoms with E-state index in [0.29, 0.717) is 11.8 Å². The summed E-state index contributed by atoms with van der Waals surface area (Å²) in [5.41, 5.74) is -0.292. The maximum atomic E-state index is 12.7. The number of hydrogen-bond acceptors (Lipinski definition) is 5. The van der Waals surface area contributed by atoms with Gasteiger partial charge in [-0.2, -0.15) is 0 Å². The highest BCUT2D eigenvalue weighted by molar-refractivity contribution is 5.70. The fourth-order valence-corrected chi connectivity index (χ4v) is 5.79. The molecule has 3 rings (SSSR count). The van der Waals surface area contributed by atoms with Crippen LogP contribution in [0.15, 0.2) is 5.29 Å². The van der Waals surface area contributed by atoms with Gasteiger partial charge in [0.25, 0.3) is 0 Å². The van der Waals surface area contributed by atoms with Gasteiger partial charge in [0.05, 0.1) is 23.9 Å². The largest absolute Gasteiger partial charge is 0.441 e. The number of carbonyl (C=O) groups is 1.